The van der Waals surface area contributed by atoms with Gasteiger partial charge in [0.15, 0.2) is 5.11 Å². The standard InChI is InChI=1S/C14H15N3O2S/c1-10(12-8-5-9-19-12)16-17-14(20)15-11-6-3-4-7-13(11)18-2/h3-9H,1-2H3,(H2,15,17,20)/b16-10-. The molecule has 0 aliphatic carbocycles. The lowest BCUT2D eigenvalue weighted by Crippen LogP contribution is -2.25. The summed E-state index contributed by atoms with van der Waals surface area (Å²) in [4.78, 5) is 0. The van der Waals surface area contributed by atoms with Crippen LogP contribution in [0.2, 0.25) is 0 Å². The number of ether oxygens (including phenoxy) is 1. The summed E-state index contributed by atoms with van der Waals surface area (Å²) in [6.07, 6.45) is 1.60. The number of nitrogens with one attached hydrogen (secondary N) is 2. The number of hydrogen-bond acceptors (Lipinski definition) is 4. The number of para-hydroxylation sites is 2. The Labute approximate surface area is 122 Å². The minimum atomic E-state index is 0.375. The van der Waals surface area contributed by atoms with Crippen LogP contribution in [0, 0.1) is 0 Å². The second kappa shape index (κ2) is 6.72. The van der Waals surface area contributed by atoms with Crippen molar-refractivity contribution in [1.82, 2.24) is 5.43 Å². The van der Waals surface area contributed by atoms with Crippen LogP contribution in [0.1, 0.15) is 12.7 Å². The van der Waals surface area contributed by atoms with Gasteiger partial charge in [-0.25, -0.2) is 0 Å². The molecule has 0 unspecified atom stereocenters. The molecule has 0 atom stereocenters. The highest BCUT2D eigenvalue weighted by Crippen LogP contribution is 2.22. The summed E-state index contributed by atoms with van der Waals surface area (Å²) in [7, 11) is 1.61. The van der Waals surface area contributed by atoms with Gasteiger partial charge in [-0.3, -0.25) is 5.43 Å². The average Bonchev–Trinajstić information content (AvgIpc) is 2.99. The molecule has 6 heteroatoms. The molecule has 0 radical (unpaired) electrons. The summed E-state index contributed by atoms with van der Waals surface area (Å²) in [6.45, 7) is 1.83. The number of hydrogen-bond donors (Lipinski definition) is 2. The monoisotopic (exact) mass is 289 g/mol. The molecular formula is C14H15N3O2S. The molecule has 0 fully saturated rings. The van der Waals surface area contributed by atoms with Crippen molar-refractivity contribution in [3.05, 3.63) is 48.4 Å². The van der Waals surface area contributed by atoms with Gasteiger partial charge in [0.1, 0.15) is 17.2 Å². The quantitative estimate of drug-likeness (QED) is 0.515. The summed E-state index contributed by atoms with van der Waals surface area (Å²) < 4.78 is 10.5. The third-order valence-electron chi connectivity index (χ3n) is 2.56. The highest BCUT2D eigenvalue weighted by atomic mass is 32.1. The smallest absolute Gasteiger partial charge is 0.191 e. The Balaban J connectivity index is 1.98. The van der Waals surface area contributed by atoms with E-state index in [4.69, 9.17) is 21.4 Å². The van der Waals surface area contributed by atoms with E-state index in [9.17, 15) is 0 Å². The van der Waals surface area contributed by atoms with Crippen LogP contribution in [-0.4, -0.2) is 17.9 Å². The number of thiocarbonyl (C=S) groups is 1. The second-order valence-electron chi connectivity index (χ2n) is 3.94. The van der Waals surface area contributed by atoms with Crippen LogP contribution >= 0.6 is 12.2 Å². The zero-order valence-electron chi connectivity index (χ0n) is 11.2. The molecule has 1 aromatic carbocycles. The van der Waals surface area contributed by atoms with E-state index in [0.717, 1.165) is 5.69 Å². The zero-order chi connectivity index (χ0) is 14.4. The average molecular weight is 289 g/mol. The maximum Gasteiger partial charge on any atom is 0.191 e. The molecule has 1 heterocycles. The van der Waals surface area contributed by atoms with Crippen LogP contribution < -0.4 is 15.5 Å². The normalized spacial score (nSPS) is 11.0. The molecule has 1 aromatic heterocycles. The van der Waals surface area contributed by atoms with Crippen molar-refractivity contribution in [2.75, 3.05) is 12.4 Å². The van der Waals surface area contributed by atoms with Crippen LogP contribution in [0.3, 0.4) is 0 Å². The zero-order valence-corrected chi connectivity index (χ0v) is 12.0. The van der Waals surface area contributed by atoms with Crippen LogP contribution in [0.25, 0.3) is 0 Å². The Morgan fingerprint density at radius 2 is 2.05 bits per heavy atom. The lowest BCUT2D eigenvalue weighted by atomic mass is 10.3. The Hall–Kier alpha value is -2.34. The fraction of sp³-hybridized carbons (Fsp3) is 0.143. The lowest BCUT2D eigenvalue weighted by Gasteiger charge is -2.11. The first-order valence-electron chi connectivity index (χ1n) is 5.99. The molecule has 0 saturated carbocycles. The molecule has 2 N–H and O–H groups in total. The van der Waals surface area contributed by atoms with Crippen LogP contribution in [0.15, 0.2) is 52.2 Å². The minimum absolute atomic E-state index is 0.375. The molecule has 0 aliphatic heterocycles. The van der Waals surface area contributed by atoms with Gasteiger partial charge in [-0.15, -0.1) is 0 Å². The molecule has 2 aromatic rings. The fourth-order valence-corrected chi connectivity index (χ4v) is 1.73. The summed E-state index contributed by atoms with van der Waals surface area (Å²) in [5.41, 5.74) is 4.25. The van der Waals surface area contributed by atoms with E-state index < -0.39 is 0 Å². The van der Waals surface area contributed by atoms with Gasteiger partial charge in [-0.2, -0.15) is 5.10 Å². The first kappa shape index (κ1) is 14.1. The molecule has 0 aliphatic rings. The Morgan fingerprint density at radius 3 is 2.75 bits per heavy atom. The van der Waals surface area contributed by atoms with Gasteiger partial charge < -0.3 is 14.5 Å². The first-order chi connectivity index (χ1) is 9.70. The van der Waals surface area contributed by atoms with Crippen molar-refractivity contribution in [3.63, 3.8) is 0 Å². The highest BCUT2D eigenvalue weighted by molar-refractivity contribution is 7.80. The van der Waals surface area contributed by atoms with E-state index >= 15 is 0 Å². The molecular weight excluding hydrogens is 274 g/mol. The van der Waals surface area contributed by atoms with Crippen molar-refractivity contribution in [2.24, 2.45) is 5.10 Å². The largest absolute Gasteiger partial charge is 0.495 e. The molecule has 104 valence electrons. The van der Waals surface area contributed by atoms with Gasteiger partial charge in [0.2, 0.25) is 0 Å². The number of anilines is 1. The van der Waals surface area contributed by atoms with Crippen LogP contribution in [0.4, 0.5) is 5.69 Å². The second-order valence-corrected chi connectivity index (χ2v) is 4.35. The number of rotatable bonds is 4. The topological polar surface area (TPSA) is 58.8 Å². The summed E-state index contributed by atoms with van der Waals surface area (Å²) >= 11 is 5.18. The number of nitrogens with zero attached hydrogens (tertiary/aromatic N) is 1. The number of hydrazone groups is 1. The van der Waals surface area contributed by atoms with Crippen molar-refractivity contribution < 1.29 is 9.15 Å². The van der Waals surface area contributed by atoms with E-state index in [1.807, 2.05) is 37.3 Å². The van der Waals surface area contributed by atoms with Gasteiger partial charge in [0.05, 0.1) is 19.1 Å². The molecule has 0 bridgehead atoms. The van der Waals surface area contributed by atoms with E-state index in [2.05, 4.69) is 15.8 Å². The SMILES string of the molecule is COc1ccccc1NC(=S)N/N=C(/C)c1ccco1. The molecule has 0 amide bonds. The van der Waals surface area contributed by atoms with Gasteiger partial charge in [0, 0.05) is 0 Å². The van der Waals surface area contributed by atoms with Crippen LogP contribution in [-0.2, 0) is 0 Å². The lowest BCUT2D eigenvalue weighted by molar-refractivity contribution is 0.417. The van der Waals surface area contributed by atoms with Gasteiger partial charge in [-0.05, 0) is 43.4 Å². The maximum atomic E-state index is 5.23. The van der Waals surface area contributed by atoms with Crippen LogP contribution in [0.5, 0.6) is 5.75 Å². The Kier molecular flexibility index (Phi) is 4.73. The van der Waals surface area contributed by atoms with Gasteiger partial charge in [0.25, 0.3) is 0 Å². The molecule has 5 nitrogen and oxygen atoms in total. The number of benzene rings is 1. The summed E-state index contributed by atoms with van der Waals surface area (Å²) in [6, 6.07) is 11.1. The Bertz CT molecular complexity index is 609. The highest BCUT2D eigenvalue weighted by Gasteiger charge is 2.04. The van der Waals surface area contributed by atoms with E-state index in [1.54, 1.807) is 19.4 Å². The van der Waals surface area contributed by atoms with Crippen molar-refractivity contribution in [1.29, 1.82) is 0 Å². The predicted molar refractivity (Wildman–Crippen MR) is 83.3 cm³/mol. The molecule has 0 spiro atoms. The van der Waals surface area contributed by atoms with Crippen molar-refractivity contribution in [2.45, 2.75) is 6.92 Å². The summed E-state index contributed by atoms with van der Waals surface area (Å²) in [5.74, 6) is 1.40. The molecule has 20 heavy (non-hydrogen) atoms. The first-order valence-corrected chi connectivity index (χ1v) is 6.39. The number of methoxy groups -OCH3 is 1. The predicted octanol–water partition coefficient (Wildman–Crippen LogP) is 3.00. The minimum Gasteiger partial charge on any atom is -0.495 e. The fourth-order valence-electron chi connectivity index (χ4n) is 1.57. The molecule has 0 saturated heterocycles. The Morgan fingerprint density at radius 1 is 1.25 bits per heavy atom. The third kappa shape index (κ3) is 3.58. The van der Waals surface area contributed by atoms with Crippen molar-refractivity contribution in [3.8, 4) is 5.75 Å². The van der Waals surface area contributed by atoms with E-state index in [-0.39, 0.29) is 0 Å². The third-order valence-corrected chi connectivity index (χ3v) is 2.75. The van der Waals surface area contributed by atoms with E-state index in [1.165, 1.54) is 0 Å². The molecule has 2 rings (SSSR count). The number of furan rings is 1. The van der Waals surface area contributed by atoms with Crippen molar-refractivity contribution >= 4 is 28.7 Å². The van der Waals surface area contributed by atoms with E-state index in [0.29, 0.717) is 22.3 Å². The summed E-state index contributed by atoms with van der Waals surface area (Å²) in [5, 5.41) is 7.54. The maximum absolute atomic E-state index is 5.23. The van der Waals surface area contributed by atoms with Gasteiger partial charge >= 0.3 is 0 Å². The van der Waals surface area contributed by atoms with Gasteiger partial charge in [-0.1, -0.05) is 12.1 Å².